The Balaban J connectivity index is 1.86. The van der Waals surface area contributed by atoms with Crippen LogP contribution in [0.5, 0.6) is 0 Å². The average Bonchev–Trinajstić information content (AvgIpc) is 3.00. The van der Waals surface area contributed by atoms with E-state index in [0.717, 1.165) is 22.9 Å². The molecular weight excluding hydrogens is 276 g/mol. The van der Waals surface area contributed by atoms with Gasteiger partial charge in [0.25, 0.3) is 0 Å². The Labute approximate surface area is 124 Å². The second kappa shape index (κ2) is 7.07. The Morgan fingerprint density at radius 2 is 2.47 bits per heavy atom. The number of thioether (sulfide) groups is 1. The molecule has 1 aromatic heterocycles. The van der Waals surface area contributed by atoms with Crippen molar-refractivity contribution in [1.29, 1.82) is 0 Å². The zero-order valence-electron chi connectivity index (χ0n) is 11.8. The Hall–Kier alpha value is -0.100. The molecule has 1 aliphatic rings. The van der Waals surface area contributed by atoms with Gasteiger partial charge in [-0.3, -0.25) is 0 Å². The smallest absolute Gasteiger partial charge is 0.149 e. The van der Waals surface area contributed by atoms with Gasteiger partial charge >= 0.3 is 0 Å². The van der Waals surface area contributed by atoms with E-state index in [1.165, 1.54) is 12.8 Å². The number of nitrogens with one attached hydrogen (secondary N) is 1. The van der Waals surface area contributed by atoms with Crippen LogP contribution in [0.3, 0.4) is 0 Å². The molecule has 1 heterocycles. The topological polar surface area (TPSA) is 45.1 Å². The molecule has 1 aromatic rings. The number of aromatic nitrogens is 1. The van der Waals surface area contributed by atoms with Gasteiger partial charge in [0, 0.05) is 28.9 Å². The predicted octanol–water partition coefficient (Wildman–Crippen LogP) is 3.15. The maximum absolute atomic E-state index is 9.84. The molecule has 2 atom stereocenters. The van der Waals surface area contributed by atoms with Crippen LogP contribution in [0.4, 0.5) is 0 Å². The molecule has 0 aromatic carbocycles. The predicted molar refractivity (Wildman–Crippen MR) is 82.9 cm³/mol. The van der Waals surface area contributed by atoms with Crippen molar-refractivity contribution < 1.29 is 5.11 Å². The molecule has 3 nitrogen and oxygen atoms in total. The maximum Gasteiger partial charge on any atom is 0.149 e. The number of aliphatic hydroxyl groups excluding tert-OH is 1. The summed E-state index contributed by atoms with van der Waals surface area (Å²) < 4.78 is 1.16. The van der Waals surface area contributed by atoms with Crippen LogP contribution in [-0.2, 0) is 0 Å². The van der Waals surface area contributed by atoms with Crippen molar-refractivity contribution in [2.24, 2.45) is 5.92 Å². The fraction of sp³-hybridized carbons (Fsp3) is 0.786. The summed E-state index contributed by atoms with van der Waals surface area (Å²) in [4.78, 5) is 4.30. The van der Waals surface area contributed by atoms with Gasteiger partial charge in [-0.15, -0.1) is 11.3 Å². The van der Waals surface area contributed by atoms with Crippen molar-refractivity contribution >= 4 is 23.1 Å². The van der Waals surface area contributed by atoms with Crippen LogP contribution in [0, 0.1) is 5.92 Å². The number of nitrogens with zero attached hydrogens (tertiary/aromatic N) is 1. The minimum Gasteiger partial charge on any atom is -0.394 e. The molecule has 108 valence electrons. The molecule has 2 unspecified atom stereocenters. The quantitative estimate of drug-likeness (QED) is 0.759. The lowest BCUT2D eigenvalue weighted by molar-refractivity contribution is 0.113. The van der Waals surface area contributed by atoms with Gasteiger partial charge in [-0.25, -0.2) is 4.98 Å². The minimum atomic E-state index is -0.0440. The first-order valence-corrected chi connectivity index (χ1v) is 8.93. The van der Waals surface area contributed by atoms with Gasteiger partial charge in [-0.1, -0.05) is 32.0 Å². The highest BCUT2D eigenvalue weighted by atomic mass is 32.2. The Kier molecular flexibility index (Phi) is 5.69. The Morgan fingerprint density at radius 1 is 1.63 bits per heavy atom. The van der Waals surface area contributed by atoms with Crippen LogP contribution in [0.15, 0.2) is 15.9 Å². The van der Waals surface area contributed by atoms with Crippen molar-refractivity contribution in [3.63, 3.8) is 0 Å². The van der Waals surface area contributed by atoms with Gasteiger partial charge in [0.15, 0.2) is 0 Å². The Morgan fingerprint density at radius 3 is 3.11 bits per heavy atom. The van der Waals surface area contributed by atoms with E-state index in [4.69, 9.17) is 0 Å². The molecule has 0 bridgehead atoms. The summed E-state index contributed by atoms with van der Waals surface area (Å²) in [5.74, 6) is 1.69. The molecule has 0 amide bonds. The van der Waals surface area contributed by atoms with Crippen LogP contribution in [0.25, 0.3) is 0 Å². The van der Waals surface area contributed by atoms with Gasteiger partial charge in [-0.2, -0.15) is 0 Å². The summed E-state index contributed by atoms with van der Waals surface area (Å²) in [6.45, 7) is 4.59. The molecule has 5 heteroatoms. The highest BCUT2D eigenvalue weighted by molar-refractivity contribution is 8.00. The van der Waals surface area contributed by atoms with Crippen LogP contribution >= 0.6 is 23.1 Å². The molecule has 2 rings (SSSR count). The standard InChI is InChI=1S/C14H24N2OS2/c1-11(2)16-14(10-17)6-3-4-12(14)5-8-18-13-15-7-9-19-13/h7,9,11-12,16-17H,3-6,8,10H2,1-2H3. The third-order valence-electron chi connectivity index (χ3n) is 3.92. The second-order valence-corrected chi connectivity index (χ2v) is 7.87. The maximum atomic E-state index is 9.84. The summed E-state index contributed by atoms with van der Waals surface area (Å²) in [7, 11) is 0. The summed E-state index contributed by atoms with van der Waals surface area (Å²) in [6.07, 6.45) is 6.59. The van der Waals surface area contributed by atoms with Crippen molar-refractivity contribution in [1.82, 2.24) is 10.3 Å². The first-order valence-electron chi connectivity index (χ1n) is 7.07. The number of hydrogen-bond donors (Lipinski definition) is 2. The third kappa shape index (κ3) is 3.94. The van der Waals surface area contributed by atoms with E-state index in [9.17, 15) is 5.11 Å². The molecule has 0 aliphatic heterocycles. The van der Waals surface area contributed by atoms with Gasteiger partial charge in [0.2, 0.25) is 0 Å². The fourth-order valence-electron chi connectivity index (χ4n) is 3.15. The van der Waals surface area contributed by atoms with E-state index in [1.807, 2.05) is 23.3 Å². The van der Waals surface area contributed by atoms with Crippen molar-refractivity contribution in [3.8, 4) is 0 Å². The summed E-state index contributed by atoms with van der Waals surface area (Å²) in [5, 5.41) is 15.5. The van der Waals surface area contributed by atoms with E-state index in [0.29, 0.717) is 12.0 Å². The number of thiazole rings is 1. The number of aliphatic hydroxyl groups is 1. The second-order valence-electron chi connectivity index (χ2n) is 5.64. The van der Waals surface area contributed by atoms with E-state index < -0.39 is 0 Å². The molecule has 1 fully saturated rings. The largest absolute Gasteiger partial charge is 0.394 e. The fourth-order valence-corrected chi connectivity index (χ4v) is 4.91. The lowest BCUT2D eigenvalue weighted by Gasteiger charge is -2.37. The molecule has 19 heavy (non-hydrogen) atoms. The Bertz CT molecular complexity index is 370. The van der Waals surface area contributed by atoms with Gasteiger partial charge in [-0.05, 0) is 25.2 Å². The molecule has 0 radical (unpaired) electrons. The van der Waals surface area contributed by atoms with E-state index in [1.54, 1.807) is 11.3 Å². The normalized spacial score (nSPS) is 27.3. The third-order valence-corrected chi connectivity index (χ3v) is 5.92. The van der Waals surface area contributed by atoms with Crippen LogP contribution in [0.1, 0.15) is 39.5 Å². The minimum absolute atomic E-state index is 0.0440. The number of rotatable bonds is 7. The summed E-state index contributed by atoms with van der Waals surface area (Å²) in [6, 6.07) is 0.430. The summed E-state index contributed by atoms with van der Waals surface area (Å²) in [5.41, 5.74) is -0.0440. The van der Waals surface area contributed by atoms with Crippen LogP contribution < -0.4 is 5.32 Å². The molecular formula is C14H24N2OS2. The summed E-state index contributed by atoms with van der Waals surface area (Å²) >= 11 is 3.55. The van der Waals surface area contributed by atoms with Gasteiger partial charge < -0.3 is 10.4 Å². The van der Waals surface area contributed by atoms with Crippen LogP contribution in [0.2, 0.25) is 0 Å². The van der Waals surface area contributed by atoms with E-state index in [2.05, 4.69) is 24.1 Å². The molecule has 0 saturated heterocycles. The zero-order chi connectivity index (χ0) is 13.7. The molecule has 1 saturated carbocycles. The van der Waals surface area contributed by atoms with Crippen molar-refractivity contribution in [3.05, 3.63) is 11.6 Å². The highest BCUT2D eigenvalue weighted by Crippen LogP contribution is 2.39. The monoisotopic (exact) mass is 300 g/mol. The van der Waals surface area contributed by atoms with E-state index >= 15 is 0 Å². The van der Waals surface area contributed by atoms with Crippen molar-refractivity contribution in [2.75, 3.05) is 12.4 Å². The first kappa shape index (κ1) is 15.3. The lowest BCUT2D eigenvalue weighted by Crippen LogP contribution is -2.54. The van der Waals surface area contributed by atoms with Gasteiger partial charge in [0.05, 0.1) is 6.61 Å². The molecule has 1 aliphatic carbocycles. The average molecular weight is 300 g/mol. The molecule has 2 N–H and O–H groups in total. The van der Waals surface area contributed by atoms with E-state index in [-0.39, 0.29) is 12.1 Å². The zero-order valence-corrected chi connectivity index (χ0v) is 13.4. The lowest BCUT2D eigenvalue weighted by atomic mass is 9.85. The van der Waals surface area contributed by atoms with Crippen LogP contribution in [-0.4, -0.2) is 34.0 Å². The van der Waals surface area contributed by atoms with Crippen molar-refractivity contribution in [2.45, 2.75) is 55.5 Å². The highest BCUT2D eigenvalue weighted by Gasteiger charge is 2.41. The first-order chi connectivity index (χ1) is 9.16. The number of hydrogen-bond acceptors (Lipinski definition) is 5. The SMILES string of the molecule is CC(C)NC1(CO)CCCC1CCSc1nccs1. The molecule has 0 spiro atoms. The van der Waals surface area contributed by atoms with Gasteiger partial charge in [0.1, 0.15) is 4.34 Å².